The minimum atomic E-state index is -0.868. The second kappa shape index (κ2) is 8.81. The number of carbonyl (C=O) groups is 1. The van der Waals surface area contributed by atoms with E-state index in [1.807, 2.05) is 11.9 Å². The third-order valence-electron chi connectivity index (χ3n) is 4.93. The number of nitrogens with one attached hydrogen (secondary N) is 1. The number of halogens is 2. The number of amides is 1. The van der Waals surface area contributed by atoms with Crippen LogP contribution in [-0.2, 0) is 6.54 Å². The molecule has 1 amide bonds. The van der Waals surface area contributed by atoms with E-state index < -0.39 is 17.7 Å². The molecule has 0 saturated carbocycles. The normalized spacial score (nSPS) is 14.8. The van der Waals surface area contributed by atoms with Crippen molar-refractivity contribution in [3.05, 3.63) is 47.8 Å². The van der Waals surface area contributed by atoms with Crippen LogP contribution in [0.25, 0.3) is 0 Å². The third-order valence-corrected chi connectivity index (χ3v) is 4.93. The van der Waals surface area contributed by atoms with Crippen LogP contribution < -0.4 is 10.2 Å². The van der Waals surface area contributed by atoms with Crippen LogP contribution in [-0.4, -0.2) is 52.7 Å². The summed E-state index contributed by atoms with van der Waals surface area (Å²) in [6, 6.07) is 5.09. The smallest absolute Gasteiger partial charge is 0.407 e. The van der Waals surface area contributed by atoms with Gasteiger partial charge in [-0.1, -0.05) is 0 Å². The molecular formula is C19H23F2N5O2. The van der Waals surface area contributed by atoms with Crippen LogP contribution >= 0.6 is 0 Å². The molecule has 2 N–H and O–H groups in total. The zero-order chi connectivity index (χ0) is 20.1. The van der Waals surface area contributed by atoms with Crippen LogP contribution in [0.5, 0.6) is 0 Å². The van der Waals surface area contributed by atoms with Crippen LogP contribution in [0.3, 0.4) is 0 Å². The highest BCUT2D eigenvalue weighted by molar-refractivity contribution is 5.65. The molecule has 0 atom stereocenters. The van der Waals surface area contributed by atoms with E-state index in [0.29, 0.717) is 30.6 Å². The molecule has 7 nitrogen and oxygen atoms in total. The van der Waals surface area contributed by atoms with E-state index in [4.69, 9.17) is 5.11 Å². The highest BCUT2D eigenvalue weighted by Crippen LogP contribution is 2.21. The molecule has 1 saturated heterocycles. The minimum Gasteiger partial charge on any atom is -0.465 e. The molecule has 3 rings (SSSR count). The number of piperidine rings is 1. The molecule has 0 unspecified atom stereocenters. The van der Waals surface area contributed by atoms with Crippen LogP contribution in [0.4, 0.5) is 25.2 Å². The van der Waals surface area contributed by atoms with Gasteiger partial charge in [0.05, 0.1) is 0 Å². The molecule has 1 aromatic heterocycles. The van der Waals surface area contributed by atoms with Gasteiger partial charge in [0, 0.05) is 44.9 Å². The monoisotopic (exact) mass is 391 g/mol. The Labute approximate surface area is 162 Å². The van der Waals surface area contributed by atoms with Gasteiger partial charge in [-0.25, -0.2) is 23.5 Å². The van der Waals surface area contributed by atoms with Gasteiger partial charge in [0.15, 0.2) is 0 Å². The van der Waals surface area contributed by atoms with Gasteiger partial charge in [0.1, 0.15) is 29.6 Å². The summed E-state index contributed by atoms with van der Waals surface area (Å²) in [5.41, 5.74) is 0.221. The zero-order valence-corrected chi connectivity index (χ0v) is 15.6. The molecule has 28 heavy (non-hydrogen) atoms. The lowest BCUT2D eigenvalue weighted by molar-refractivity contribution is 0.125. The van der Waals surface area contributed by atoms with Gasteiger partial charge in [0.2, 0.25) is 0 Å². The Bertz CT molecular complexity index is 828. The molecule has 1 aliphatic heterocycles. The molecule has 1 fully saturated rings. The molecule has 1 aromatic carbocycles. The predicted octanol–water partition coefficient (Wildman–Crippen LogP) is 3.19. The Morgan fingerprint density at radius 3 is 2.75 bits per heavy atom. The van der Waals surface area contributed by atoms with Crippen molar-refractivity contribution in [1.29, 1.82) is 0 Å². The number of rotatable bonds is 6. The first kappa shape index (κ1) is 19.8. The van der Waals surface area contributed by atoms with Crippen molar-refractivity contribution in [2.24, 2.45) is 5.92 Å². The second-order valence-corrected chi connectivity index (χ2v) is 6.94. The van der Waals surface area contributed by atoms with Crippen LogP contribution in [0, 0.1) is 17.6 Å². The summed E-state index contributed by atoms with van der Waals surface area (Å²) < 4.78 is 27.0. The van der Waals surface area contributed by atoms with Crippen molar-refractivity contribution in [3.8, 4) is 0 Å². The van der Waals surface area contributed by atoms with E-state index >= 15 is 0 Å². The molecule has 9 heteroatoms. The summed E-state index contributed by atoms with van der Waals surface area (Å²) in [6.45, 7) is 1.95. The first-order valence-corrected chi connectivity index (χ1v) is 9.11. The van der Waals surface area contributed by atoms with Crippen molar-refractivity contribution in [3.63, 3.8) is 0 Å². The first-order valence-electron chi connectivity index (χ1n) is 9.11. The van der Waals surface area contributed by atoms with Crippen molar-refractivity contribution >= 4 is 17.7 Å². The van der Waals surface area contributed by atoms with Crippen molar-refractivity contribution in [2.75, 3.05) is 36.9 Å². The maximum atomic E-state index is 13.7. The maximum absolute atomic E-state index is 13.7. The van der Waals surface area contributed by atoms with Gasteiger partial charge in [-0.05, 0) is 37.0 Å². The molecule has 0 aliphatic carbocycles. The maximum Gasteiger partial charge on any atom is 0.407 e. The minimum absolute atomic E-state index is 0.109. The van der Waals surface area contributed by atoms with Crippen molar-refractivity contribution in [1.82, 2.24) is 14.9 Å². The number of hydrogen-bond donors (Lipinski definition) is 2. The molecule has 1 aliphatic rings. The largest absolute Gasteiger partial charge is 0.465 e. The highest BCUT2D eigenvalue weighted by atomic mass is 19.1. The summed E-state index contributed by atoms with van der Waals surface area (Å²) in [6.07, 6.45) is 2.17. The van der Waals surface area contributed by atoms with Crippen LogP contribution in [0.1, 0.15) is 18.4 Å². The van der Waals surface area contributed by atoms with Gasteiger partial charge in [-0.15, -0.1) is 0 Å². The van der Waals surface area contributed by atoms with Crippen molar-refractivity contribution < 1.29 is 18.7 Å². The number of carboxylic acid groups (broad SMARTS) is 1. The van der Waals surface area contributed by atoms with E-state index in [-0.39, 0.29) is 12.1 Å². The Morgan fingerprint density at radius 2 is 2.04 bits per heavy atom. The quantitative estimate of drug-likeness (QED) is 0.787. The van der Waals surface area contributed by atoms with E-state index in [1.165, 1.54) is 11.2 Å². The molecule has 150 valence electrons. The first-order chi connectivity index (χ1) is 13.4. The molecule has 0 spiro atoms. The van der Waals surface area contributed by atoms with E-state index in [1.54, 1.807) is 6.07 Å². The summed E-state index contributed by atoms with van der Waals surface area (Å²) >= 11 is 0. The lowest BCUT2D eigenvalue weighted by Crippen LogP contribution is -2.40. The fraction of sp³-hybridized carbons (Fsp3) is 0.421. The number of nitrogens with zero attached hydrogens (tertiary/aromatic N) is 4. The Kier molecular flexibility index (Phi) is 6.23. The molecule has 2 heterocycles. The molecule has 0 radical (unpaired) electrons. The van der Waals surface area contributed by atoms with E-state index in [2.05, 4.69) is 15.3 Å². The van der Waals surface area contributed by atoms with E-state index in [9.17, 15) is 13.6 Å². The summed E-state index contributed by atoms with van der Waals surface area (Å²) in [5.74, 6) is 0.635. The SMILES string of the molecule is CN(CC1CCN(C(=O)O)CC1)c1cc(NCc2cc(F)ccc2F)ncn1. The number of hydrogen-bond acceptors (Lipinski definition) is 5. The van der Waals surface area contributed by atoms with Gasteiger partial charge >= 0.3 is 6.09 Å². The highest BCUT2D eigenvalue weighted by Gasteiger charge is 2.23. The fourth-order valence-corrected chi connectivity index (χ4v) is 3.30. The lowest BCUT2D eigenvalue weighted by Gasteiger charge is -2.32. The lowest BCUT2D eigenvalue weighted by atomic mass is 9.96. The van der Waals surface area contributed by atoms with Gasteiger partial charge in [0.25, 0.3) is 0 Å². The summed E-state index contributed by atoms with van der Waals surface area (Å²) in [5, 5.41) is 12.0. The second-order valence-electron chi connectivity index (χ2n) is 6.94. The summed E-state index contributed by atoms with van der Waals surface area (Å²) in [4.78, 5) is 22.8. The predicted molar refractivity (Wildman–Crippen MR) is 101 cm³/mol. The Morgan fingerprint density at radius 1 is 1.29 bits per heavy atom. The molecular weight excluding hydrogens is 368 g/mol. The topological polar surface area (TPSA) is 81.6 Å². The molecule has 2 aromatic rings. The Hall–Kier alpha value is -2.97. The number of likely N-dealkylation sites (tertiary alicyclic amines) is 1. The van der Waals surface area contributed by atoms with E-state index in [0.717, 1.165) is 37.6 Å². The fourth-order valence-electron chi connectivity index (χ4n) is 3.30. The van der Waals surface area contributed by atoms with Crippen LogP contribution in [0.2, 0.25) is 0 Å². The molecule has 0 bridgehead atoms. The summed E-state index contributed by atoms with van der Waals surface area (Å²) in [7, 11) is 1.92. The number of anilines is 2. The average molecular weight is 391 g/mol. The number of benzene rings is 1. The van der Waals surface area contributed by atoms with Crippen molar-refractivity contribution in [2.45, 2.75) is 19.4 Å². The third kappa shape index (κ3) is 5.05. The van der Waals surface area contributed by atoms with Gasteiger partial charge in [-0.2, -0.15) is 0 Å². The standard InChI is InChI=1S/C19H23F2N5O2/c1-25(11-13-4-6-26(7-5-13)19(27)28)18-9-17(23-12-24-18)22-10-14-8-15(20)2-3-16(14)21/h2-3,8-9,12-13H,4-7,10-11H2,1H3,(H,27,28)(H,22,23,24). The number of aromatic nitrogens is 2. The zero-order valence-electron chi connectivity index (χ0n) is 15.6. The van der Waals surface area contributed by atoms with Gasteiger partial charge in [-0.3, -0.25) is 0 Å². The van der Waals surface area contributed by atoms with Crippen LogP contribution in [0.15, 0.2) is 30.6 Å². The van der Waals surface area contributed by atoms with Gasteiger partial charge < -0.3 is 20.2 Å². The Balaban J connectivity index is 1.56. The average Bonchev–Trinajstić information content (AvgIpc) is 2.69.